The largest absolute Gasteiger partial charge is 0.355 e. The van der Waals surface area contributed by atoms with Crippen LogP contribution in [0.15, 0.2) is 73.1 Å². The molecular formula is C21H21N3O. The first-order valence-corrected chi connectivity index (χ1v) is 8.71. The van der Waals surface area contributed by atoms with E-state index in [1.54, 1.807) is 0 Å². The quantitative estimate of drug-likeness (QED) is 0.753. The summed E-state index contributed by atoms with van der Waals surface area (Å²) in [5.41, 5.74) is 2.99. The monoisotopic (exact) mass is 331 g/mol. The van der Waals surface area contributed by atoms with Gasteiger partial charge in [-0.1, -0.05) is 48.5 Å². The van der Waals surface area contributed by atoms with Gasteiger partial charge in [-0.15, -0.1) is 0 Å². The second-order valence-corrected chi connectivity index (χ2v) is 6.58. The molecule has 0 atom stereocenters. The average Bonchev–Trinajstić information content (AvgIpc) is 3.36. The van der Waals surface area contributed by atoms with Crippen LogP contribution in [0.5, 0.6) is 0 Å². The van der Waals surface area contributed by atoms with Crippen LogP contribution >= 0.6 is 0 Å². The highest BCUT2D eigenvalue weighted by Gasteiger charge is 2.50. The van der Waals surface area contributed by atoms with Crippen LogP contribution in [0, 0.1) is 0 Å². The predicted molar refractivity (Wildman–Crippen MR) is 97.6 cm³/mol. The van der Waals surface area contributed by atoms with Gasteiger partial charge >= 0.3 is 0 Å². The summed E-state index contributed by atoms with van der Waals surface area (Å²) in [7, 11) is 0. The molecule has 0 unspecified atom stereocenters. The molecule has 0 saturated heterocycles. The highest BCUT2D eigenvalue weighted by Crippen LogP contribution is 2.48. The smallest absolute Gasteiger partial charge is 0.230 e. The second-order valence-electron chi connectivity index (χ2n) is 6.58. The minimum absolute atomic E-state index is 0.147. The van der Waals surface area contributed by atoms with Crippen LogP contribution in [0.1, 0.15) is 24.0 Å². The van der Waals surface area contributed by atoms with E-state index < -0.39 is 0 Å². The van der Waals surface area contributed by atoms with Crippen molar-refractivity contribution < 1.29 is 4.79 Å². The van der Waals surface area contributed by atoms with E-state index in [9.17, 15) is 4.79 Å². The lowest BCUT2D eigenvalue weighted by Gasteiger charge is -2.15. The summed E-state index contributed by atoms with van der Waals surface area (Å²) in [6, 6.07) is 20.1. The molecule has 0 bridgehead atoms. The third kappa shape index (κ3) is 3.20. The Morgan fingerprint density at radius 2 is 1.72 bits per heavy atom. The zero-order valence-corrected chi connectivity index (χ0v) is 14.1. The number of nitrogens with one attached hydrogen (secondary N) is 1. The lowest BCUT2D eigenvalue weighted by Crippen LogP contribution is -2.35. The molecule has 4 heteroatoms. The Hall–Kier alpha value is -2.88. The summed E-state index contributed by atoms with van der Waals surface area (Å²) in [5, 5.41) is 7.50. The molecule has 3 aromatic rings. The van der Waals surface area contributed by atoms with Crippen molar-refractivity contribution in [3.8, 4) is 5.69 Å². The second kappa shape index (κ2) is 6.55. The molecule has 0 spiro atoms. The molecule has 1 amide bonds. The van der Waals surface area contributed by atoms with Crippen molar-refractivity contribution in [1.82, 2.24) is 15.1 Å². The predicted octanol–water partition coefficient (Wildman–Crippen LogP) is 3.26. The normalized spacial score (nSPS) is 14.9. The van der Waals surface area contributed by atoms with E-state index in [0.717, 1.165) is 36.1 Å². The molecule has 1 heterocycles. The van der Waals surface area contributed by atoms with E-state index >= 15 is 0 Å². The van der Waals surface area contributed by atoms with Gasteiger partial charge in [0.1, 0.15) is 0 Å². The van der Waals surface area contributed by atoms with E-state index in [-0.39, 0.29) is 11.3 Å². The Labute approximate surface area is 147 Å². The van der Waals surface area contributed by atoms with Crippen LogP contribution in [0.2, 0.25) is 0 Å². The zero-order chi connectivity index (χ0) is 17.1. The van der Waals surface area contributed by atoms with Gasteiger partial charge in [0.15, 0.2) is 0 Å². The third-order valence-electron chi connectivity index (χ3n) is 4.87. The molecule has 4 nitrogen and oxygen atoms in total. The fourth-order valence-corrected chi connectivity index (χ4v) is 3.23. The van der Waals surface area contributed by atoms with Gasteiger partial charge in [0.2, 0.25) is 5.91 Å². The van der Waals surface area contributed by atoms with Crippen LogP contribution in [0.25, 0.3) is 5.69 Å². The first kappa shape index (κ1) is 15.6. The summed E-state index contributed by atoms with van der Waals surface area (Å²) >= 11 is 0. The van der Waals surface area contributed by atoms with Gasteiger partial charge in [-0.2, -0.15) is 5.10 Å². The van der Waals surface area contributed by atoms with Gasteiger partial charge in [-0.05, 0) is 42.5 Å². The number of hydrogen-bond donors (Lipinski definition) is 1. The molecule has 1 aliphatic carbocycles. The van der Waals surface area contributed by atoms with E-state index in [1.165, 1.54) is 0 Å². The van der Waals surface area contributed by atoms with Gasteiger partial charge in [0.05, 0.1) is 17.3 Å². The van der Waals surface area contributed by atoms with E-state index in [4.69, 9.17) is 0 Å². The summed E-state index contributed by atoms with van der Waals surface area (Å²) in [6.45, 7) is 0.633. The molecule has 25 heavy (non-hydrogen) atoms. The first-order valence-electron chi connectivity index (χ1n) is 8.71. The lowest BCUT2D eigenvalue weighted by atomic mass is 9.95. The number of para-hydroxylation sites is 1. The van der Waals surface area contributed by atoms with Crippen molar-refractivity contribution in [2.24, 2.45) is 0 Å². The Morgan fingerprint density at radius 3 is 2.40 bits per heavy atom. The Morgan fingerprint density at radius 1 is 1.04 bits per heavy atom. The number of hydrogen-bond acceptors (Lipinski definition) is 2. The van der Waals surface area contributed by atoms with E-state index in [1.807, 2.05) is 65.6 Å². The molecule has 0 radical (unpaired) electrons. The summed E-state index contributed by atoms with van der Waals surface area (Å²) in [6.07, 6.45) is 6.54. The van der Waals surface area contributed by atoms with Gasteiger partial charge in [0, 0.05) is 12.7 Å². The first-order chi connectivity index (χ1) is 12.3. The molecule has 2 aromatic carbocycles. The van der Waals surface area contributed by atoms with Gasteiger partial charge < -0.3 is 5.32 Å². The number of carbonyl (C=O) groups excluding carboxylic acids is 1. The maximum Gasteiger partial charge on any atom is 0.230 e. The zero-order valence-electron chi connectivity index (χ0n) is 14.1. The number of rotatable bonds is 6. The molecule has 1 fully saturated rings. The number of carbonyl (C=O) groups is 1. The van der Waals surface area contributed by atoms with E-state index in [0.29, 0.717) is 6.54 Å². The standard InChI is InChI=1S/C21H21N3O/c25-20(21(12-13-21)18-7-3-1-4-8-18)22-14-11-17-15-23-24(16-17)19-9-5-2-6-10-19/h1-10,15-16H,11-14H2,(H,22,25). The highest BCUT2D eigenvalue weighted by molar-refractivity contribution is 5.91. The number of benzene rings is 2. The summed E-state index contributed by atoms with van der Waals surface area (Å²) in [5.74, 6) is 0.147. The molecule has 1 saturated carbocycles. The fourth-order valence-electron chi connectivity index (χ4n) is 3.23. The van der Waals surface area contributed by atoms with Crippen molar-refractivity contribution in [1.29, 1.82) is 0 Å². The Kier molecular flexibility index (Phi) is 4.10. The van der Waals surface area contributed by atoms with Gasteiger partial charge in [-0.25, -0.2) is 4.68 Å². The minimum Gasteiger partial charge on any atom is -0.355 e. The number of nitrogens with zero attached hydrogens (tertiary/aromatic N) is 2. The number of amides is 1. The van der Waals surface area contributed by atoms with E-state index in [2.05, 4.69) is 22.5 Å². The van der Waals surface area contributed by atoms with Crippen molar-refractivity contribution in [3.63, 3.8) is 0 Å². The summed E-state index contributed by atoms with van der Waals surface area (Å²) in [4.78, 5) is 12.6. The molecular weight excluding hydrogens is 310 g/mol. The van der Waals surface area contributed by atoms with Crippen LogP contribution in [0.4, 0.5) is 0 Å². The highest BCUT2D eigenvalue weighted by atomic mass is 16.2. The van der Waals surface area contributed by atoms with Crippen molar-refractivity contribution >= 4 is 5.91 Å². The van der Waals surface area contributed by atoms with Gasteiger partial charge in [0.25, 0.3) is 0 Å². The van der Waals surface area contributed by atoms with Crippen LogP contribution in [-0.4, -0.2) is 22.2 Å². The van der Waals surface area contributed by atoms with Gasteiger partial charge in [-0.3, -0.25) is 4.79 Å². The van der Waals surface area contributed by atoms with Crippen molar-refractivity contribution in [3.05, 3.63) is 84.2 Å². The third-order valence-corrected chi connectivity index (χ3v) is 4.87. The Bertz CT molecular complexity index is 851. The molecule has 0 aliphatic heterocycles. The van der Waals surface area contributed by atoms with Crippen molar-refractivity contribution in [2.45, 2.75) is 24.7 Å². The minimum atomic E-state index is -0.296. The SMILES string of the molecule is O=C(NCCc1cnn(-c2ccccc2)c1)C1(c2ccccc2)CC1. The average molecular weight is 331 g/mol. The molecule has 126 valence electrons. The summed E-state index contributed by atoms with van der Waals surface area (Å²) < 4.78 is 1.86. The molecule has 4 rings (SSSR count). The molecule has 1 aromatic heterocycles. The maximum atomic E-state index is 12.6. The topological polar surface area (TPSA) is 46.9 Å². The maximum absolute atomic E-state index is 12.6. The van der Waals surface area contributed by atoms with Crippen LogP contribution < -0.4 is 5.32 Å². The molecule has 1 aliphatic rings. The lowest BCUT2D eigenvalue weighted by molar-refractivity contribution is -0.123. The van der Waals surface area contributed by atoms with Crippen LogP contribution in [-0.2, 0) is 16.6 Å². The Balaban J connectivity index is 1.34. The number of aromatic nitrogens is 2. The van der Waals surface area contributed by atoms with Crippen molar-refractivity contribution in [2.75, 3.05) is 6.54 Å². The van der Waals surface area contributed by atoms with Crippen LogP contribution in [0.3, 0.4) is 0 Å². The fraction of sp³-hybridized carbons (Fsp3) is 0.238. The molecule has 1 N–H and O–H groups in total.